The number of aliphatic carboxylic acids is 1. The number of fused-ring (bicyclic) bond motifs is 1. The summed E-state index contributed by atoms with van der Waals surface area (Å²) in [6, 6.07) is 6.72. The Bertz CT molecular complexity index is 1330. The van der Waals surface area contributed by atoms with Gasteiger partial charge in [-0.25, -0.2) is 4.39 Å². The van der Waals surface area contributed by atoms with E-state index in [1.165, 1.54) is 23.6 Å². The van der Waals surface area contributed by atoms with E-state index in [1.807, 2.05) is 0 Å². The summed E-state index contributed by atoms with van der Waals surface area (Å²) in [5.41, 5.74) is 1.08. The molecule has 0 unspecified atom stereocenters. The lowest BCUT2D eigenvalue weighted by atomic mass is 9.79. The first-order valence-corrected chi connectivity index (χ1v) is 12.9. The van der Waals surface area contributed by atoms with Crippen LogP contribution >= 0.6 is 22.9 Å². The van der Waals surface area contributed by atoms with E-state index in [0.717, 1.165) is 13.0 Å². The second-order valence-electron chi connectivity index (χ2n) is 8.87. The number of rotatable bonds is 8. The molecule has 6 nitrogen and oxygen atoms in total. The van der Waals surface area contributed by atoms with Gasteiger partial charge in [-0.1, -0.05) is 23.4 Å². The Morgan fingerprint density at radius 2 is 2.17 bits per heavy atom. The minimum atomic E-state index is -0.861. The normalized spacial score (nSPS) is 18.0. The Balaban J connectivity index is 1.43. The molecule has 0 saturated carbocycles. The standard InChI is InChI=1S/C27H26ClFN2O4S/c1-35-19-5-6-23-20(14-19)27(21(28)15-30-23)24(32)7-4-17-8-11-31(16-18(17)13-26(33)34)10-2-3-25-22(29)9-12-36-25/h5-6,9,12,14-15,17-18H,4,7-8,10-11,13,16H2,1H3,(H,33,34)/t17-,18+/m1/s1. The number of hydrogen-bond donors (Lipinski definition) is 1. The third-order valence-corrected chi connectivity index (χ3v) is 7.68. The maximum Gasteiger partial charge on any atom is 0.303 e. The van der Waals surface area contributed by atoms with E-state index in [4.69, 9.17) is 16.3 Å². The van der Waals surface area contributed by atoms with Gasteiger partial charge in [-0.3, -0.25) is 19.5 Å². The largest absolute Gasteiger partial charge is 0.497 e. The monoisotopic (exact) mass is 528 g/mol. The van der Waals surface area contributed by atoms with Crippen LogP contribution in [0.15, 0.2) is 35.8 Å². The van der Waals surface area contributed by atoms with Crippen molar-refractivity contribution in [2.75, 3.05) is 26.7 Å². The van der Waals surface area contributed by atoms with Gasteiger partial charge in [0.05, 0.1) is 24.2 Å². The number of hydrogen-bond acceptors (Lipinski definition) is 6. The third-order valence-electron chi connectivity index (χ3n) is 6.58. The predicted octanol–water partition coefficient (Wildman–Crippen LogP) is 5.52. The number of ether oxygens (including phenoxy) is 1. The molecule has 2 atom stereocenters. The van der Waals surface area contributed by atoms with Gasteiger partial charge in [0.25, 0.3) is 0 Å². The number of carboxylic acid groups (broad SMARTS) is 1. The fraction of sp³-hybridized carbons (Fsp3) is 0.370. The van der Waals surface area contributed by atoms with Crippen molar-refractivity contribution in [1.82, 2.24) is 9.88 Å². The lowest BCUT2D eigenvalue weighted by molar-refractivity contribution is -0.139. The number of nitrogens with zero attached hydrogens (tertiary/aromatic N) is 2. The van der Waals surface area contributed by atoms with E-state index in [-0.39, 0.29) is 36.3 Å². The summed E-state index contributed by atoms with van der Waals surface area (Å²) >= 11 is 7.64. The van der Waals surface area contributed by atoms with Crippen LogP contribution in [0.3, 0.4) is 0 Å². The number of piperidine rings is 1. The van der Waals surface area contributed by atoms with Gasteiger partial charge in [0, 0.05) is 36.5 Å². The summed E-state index contributed by atoms with van der Waals surface area (Å²) in [6.07, 6.45) is 3.10. The Morgan fingerprint density at radius 1 is 1.33 bits per heavy atom. The van der Waals surface area contributed by atoms with Crippen molar-refractivity contribution < 1.29 is 23.8 Å². The number of likely N-dealkylation sites (tertiary alicyclic amines) is 1. The lowest BCUT2D eigenvalue weighted by Crippen LogP contribution is -2.41. The molecule has 1 aliphatic rings. The van der Waals surface area contributed by atoms with E-state index in [1.54, 1.807) is 30.7 Å². The highest BCUT2D eigenvalue weighted by Gasteiger charge is 2.31. The molecule has 0 aliphatic carbocycles. The van der Waals surface area contributed by atoms with E-state index in [9.17, 15) is 19.1 Å². The number of carbonyl (C=O) groups is 2. The molecule has 1 aliphatic heterocycles. The van der Waals surface area contributed by atoms with E-state index in [2.05, 4.69) is 21.7 Å². The highest BCUT2D eigenvalue weighted by Crippen LogP contribution is 2.33. The molecule has 2 aromatic heterocycles. The summed E-state index contributed by atoms with van der Waals surface area (Å²) in [7, 11) is 1.56. The first-order valence-electron chi connectivity index (χ1n) is 11.7. The van der Waals surface area contributed by atoms with Gasteiger partial charge in [-0.2, -0.15) is 0 Å². The maximum atomic E-state index is 13.6. The first kappa shape index (κ1) is 26.1. The number of benzene rings is 1. The van der Waals surface area contributed by atoms with Crippen molar-refractivity contribution in [2.45, 2.75) is 25.7 Å². The summed E-state index contributed by atoms with van der Waals surface area (Å²) in [6.45, 7) is 1.76. The molecule has 3 heterocycles. The van der Waals surface area contributed by atoms with Crippen molar-refractivity contribution in [3.63, 3.8) is 0 Å². The van der Waals surface area contributed by atoms with Crippen LogP contribution < -0.4 is 4.74 Å². The summed E-state index contributed by atoms with van der Waals surface area (Å²) in [5, 5.41) is 12.1. The second kappa shape index (κ2) is 11.8. The summed E-state index contributed by atoms with van der Waals surface area (Å²) < 4.78 is 18.9. The molecule has 0 amide bonds. The second-order valence-corrected chi connectivity index (χ2v) is 10.2. The van der Waals surface area contributed by atoms with Crippen molar-refractivity contribution in [2.24, 2.45) is 11.8 Å². The Morgan fingerprint density at radius 3 is 2.89 bits per heavy atom. The molecule has 3 aromatic rings. The Labute approximate surface area is 218 Å². The zero-order valence-electron chi connectivity index (χ0n) is 19.8. The topological polar surface area (TPSA) is 79.7 Å². The number of pyridine rings is 1. The smallest absolute Gasteiger partial charge is 0.303 e. The van der Waals surface area contributed by atoms with Crippen molar-refractivity contribution in [3.8, 4) is 17.6 Å². The number of carboxylic acids is 1. The van der Waals surface area contributed by atoms with E-state index >= 15 is 0 Å². The van der Waals surface area contributed by atoms with Crippen LogP contribution in [0.25, 0.3) is 10.9 Å². The van der Waals surface area contributed by atoms with Crippen LogP contribution in [-0.2, 0) is 4.79 Å². The number of thiophene rings is 1. The van der Waals surface area contributed by atoms with Crippen LogP contribution in [0.4, 0.5) is 4.39 Å². The summed E-state index contributed by atoms with van der Waals surface area (Å²) in [5.74, 6) is 5.18. The molecule has 9 heteroatoms. The SMILES string of the molecule is COc1ccc2ncc(Cl)c(C(=O)CC[C@@H]3CCN(CC#Cc4sccc4F)C[C@@H]3CC(=O)O)c2c1. The molecule has 4 rings (SSSR count). The summed E-state index contributed by atoms with van der Waals surface area (Å²) in [4.78, 5) is 31.6. The van der Waals surface area contributed by atoms with Crippen LogP contribution in [0.1, 0.15) is 40.9 Å². The molecule has 36 heavy (non-hydrogen) atoms. The molecule has 1 saturated heterocycles. The number of Topliss-reactive ketones (excluding diaryl/α,β-unsaturated/α-hetero) is 1. The van der Waals surface area contributed by atoms with Crippen LogP contribution in [-0.4, -0.2) is 53.5 Å². The average molecular weight is 529 g/mol. The molecule has 1 aromatic carbocycles. The van der Waals surface area contributed by atoms with Gasteiger partial charge < -0.3 is 9.84 Å². The molecular weight excluding hydrogens is 503 g/mol. The van der Waals surface area contributed by atoms with Crippen molar-refractivity contribution in [3.05, 3.63) is 57.1 Å². The highest BCUT2D eigenvalue weighted by molar-refractivity contribution is 7.10. The van der Waals surface area contributed by atoms with E-state index < -0.39 is 5.97 Å². The zero-order chi connectivity index (χ0) is 25.7. The molecule has 1 fully saturated rings. The minimum Gasteiger partial charge on any atom is -0.497 e. The van der Waals surface area contributed by atoms with Crippen LogP contribution in [0, 0.1) is 29.5 Å². The molecule has 1 N–H and O–H groups in total. The van der Waals surface area contributed by atoms with Crippen molar-refractivity contribution in [1.29, 1.82) is 0 Å². The van der Waals surface area contributed by atoms with Crippen molar-refractivity contribution >= 4 is 45.6 Å². The van der Waals surface area contributed by atoms with Gasteiger partial charge >= 0.3 is 5.97 Å². The van der Waals surface area contributed by atoms with Gasteiger partial charge in [-0.05, 0) is 60.9 Å². The molecular formula is C27H26ClFN2O4S. The van der Waals surface area contributed by atoms with Gasteiger partial charge in [0.15, 0.2) is 5.78 Å². The number of methoxy groups -OCH3 is 1. The third kappa shape index (κ3) is 6.22. The zero-order valence-corrected chi connectivity index (χ0v) is 21.4. The maximum absolute atomic E-state index is 13.6. The fourth-order valence-electron chi connectivity index (χ4n) is 4.75. The highest BCUT2D eigenvalue weighted by atomic mass is 35.5. The Kier molecular flexibility index (Phi) is 8.57. The van der Waals surface area contributed by atoms with Gasteiger partial charge in [0.2, 0.25) is 0 Å². The first-order chi connectivity index (χ1) is 17.4. The average Bonchev–Trinajstić information content (AvgIpc) is 3.27. The van der Waals surface area contributed by atoms with Crippen LogP contribution in [0.5, 0.6) is 5.75 Å². The van der Waals surface area contributed by atoms with E-state index in [0.29, 0.717) is 51.6 Å². The lowest BCUT2D eigenvalue weighted by Gasteiger charge is -2.37. The van der Waals surface area contributed by atoms with Gasteiger partial charge in [0.1, 0.15) is 16.4 Å². The molecule has 0 bridgehead atoms. The molecule has 0 spiro atoms. The quantitative estimate of drug-likeness (QED) is 0.306. The minimum absolute atomic E-state index is 0.0263. The Hall–Kier alpha value is -2.99. The molecule has 0 radical (unpaired) electrons. The number of ketones is 1. The fourth-order valence-corrected chi connectivity index (χ4v) is 5.64. The predicted molar refractivity (Wildman–Crippen MR) is 138 cm³/mol. The number of carbonyl (C=O) groups excluding carboxylic acids is 1. The number of aromatic nitrogens is 1. The molecule has 188 valence electrons. The van der Waals surface area contributed by atoms with Crippen LogP contribution in [0.2, 0.25) is 5.02 Å². The van der Waals surface area contributed by atoms with Gasteiger partial charge in [-0.15, -0.1) is 11.3 Å². The number of halogens is 2.